The summed E-state index contributed by atoms with van der Waals surface area (Å²) in [4.78, 5) is 20.0. The molecule has 0 atom stereocenters. The molecule has 3 rings (SSSR count). The van der Waals surface area contributed by atoms with E-state index in [0.717, 1.165) is 28.3 Å². The summed E-state index contributed by atoms with van der Waals surface area (Å²) in [6.07, 6.45) is -3.34. The number of rotatable bonds is 4. The van der Waals surface area contributed by atoms with E-state index in [2.05, 4.69) is 10.1 Å². The SMILES string of the molecule is Cc1cc2nc(C)c(CCC(=O)N3CCN(CC(F)(F)F)CC3)c(C)n2n1. The van der Waals surface area contributed by atoms with Gasteiger partial charge in [-0.2, -0.15) is 18.3 Å². The van der Waals surface area contributed by atoms with Gasteiger partial charge in [-0.05, 0) is 32.8 Å². The summed E-state index contributed by atoms with van der Waals surface area (Å²) in [5.41, 5.74) is 4.51. The molecule has 148 valence electrons. The minimum Gasteiger partial charge on any atom is -0.340 e. The van der Waals surface area contributed by atoms with Gasteiger partial charge < -0.3 is 4.90 Å². The molecule has 27 heavy (non-hydrogen) atoms. The number of halogens is 3. The molecule has 1 saturated heterocycles. The van der Waals surface area contributed by atoms with E-state index in [1.54, 1.807) is 9.42 Å². The number of carbonyl (C=O) groups is 1. The van der Waals surface area contributed by atoms with Gasteiger partial charge in [0.25, 0.3) is 0 Å². The number of alkyl halides is 3. The lowest BCUT2D eigenvalue weighted by Crippen LogP contribution is -2.50. The predicted molar refractivity (Wildman–Crippen MR) is 94.6 cm³/mol. The van der Waals surface area contributed by atoms with Crippen LogP contribution in [0.4, 0.5) is 13.2 Å². The van der Waals surface area contributed by atoms with E-state index in [-0.39, 0.29) is 19.0 Å². The Hall–Kier alpha value is -2.16. The first-order valence-corrected chi connectivity index (χ1v) is 9.03. The van der Waals surface area contributed by atoms with Crippen LogP contribution < -0.4 is 0 Å². The first kappa shape index (κ1) is 19.6. The minimum absolute atomic E-state index is 0.0304. The highest BCUT2D eigenvalue weighted by molar-refractivity contribution is 5.76. The number of hydrogen-bond donors (Lipinski definition) is 0. The predicted octanol–water partition coefficient (Wildman–Crippen LogP) is 2.29. The molecule has 1 aliphatic heterocycles. The quantitative estimate of drug-likeness (QED) is 0.813. The van der Waals surface area contributed by atoms with Crippen LogP contribution in [-0.2, 0) is 11.2 Å². The van der Waals surface area contributed by atoms with Crippen molar-refractivity contribution in [1.29, 1.82) is 0 Å². The zero-order valence-electron chi connectivity index (χ0n) is 15.8. The Morgan fingerprint density at radius 1 is 1.15 bits per heavy atom. The zero-order chi connectivity index (χ0) is 19.8. The molecule has 1 fully saturated rings. The van der Waals surface area contributed by atoms with Crippen LogP contribution >= 0.6 is 0 Å². The maximum absolute atomic E-state index is 12.5. The van der Waals surface area contributed by atoms with Crippen LogP contribution in [0.25, 0.3) is 5.65 Å². The second-order valence-electron chi connectivity index (χ2n) is 7.09. The number of nitrogens with zero attached hydrogens (tertiary/aromatic N) is 5. The highest BCUT2D eigenvalue weighted by Gasteiger charge is 2.32. The van der Waals surface area contributed by atoms with Crippen molar-refractivity contribution in [1.82, 2.24) is 24.4 Å². The molecule has 3 heterocycles. The van der Waals surface area contributed by atoms with Crippen LogP contribution in [0, 0.1) is 20.8 Å². The molecule has 0 saturated carbocycles. The number of aromatic nitrogens is 3. The lowest BCUT2D eigenvalue weighted by molar-refractivity contribution is -0.151. The zero-order valence-corrected chi connectivity index (χ0v) is 15.8. The molecule has 0 unspecified atom stereocenters. The van der Waals surface area contributed by atoms with Gasteiger partial charge in [-0.15, -0.1) is 0 Å². The lowest BCUT2D eigenvalue weighted by Gasteiger charge is -2.35. The van der Waals surface area contributed by atoms with Crippen LogP contribution in [0.3, 0.4) is 0 Å². The summed E-state index contributed by atoms with van der Waals surface area (Å²) in [5.74, 6) is -0.0304. The Bertz CT molecular complexity index is 838. The number of amides is 1. The molecule has 0 spiro atoms. The molecule has 2 aromatic rings. The molecule has 0 aliphatic carbocycles. The van der Waals surface area contributed by atoms with Crippen LogP contribution in [-0.4, -0.2) is 69.2 Å². The number of aryl methyl sites for hydroxylation is 3. The highest BCUT2D eigenvalue weighted by atomic mass is 19.4. The smallest absolute Gasteiger partial charge is 0.340 e. The van der Waals surface area contributed by atoms with Gasteiger partial charge in [0.2, 0.25) is 5.91 Å². The van der Waals surface area contributed by atoms with Gasteiger partial charge in [-0.25, -0.2) is 9.50 Å². The molecule has 6 nitrogen and oxygen atoms in total. The molecule has 1 amide bonds. The second kappa shape index (κ2) is 7.46. The van der Waals surface area contributed by atoms with Crippen molar-refractivity contribution in [2.75, 3.05) is 32.7 Å². The average molecular weight is 383 g/mol. The molecule has 1 aliphatic rings. The maximum atomic E-state index is 12.5. The van der Waals surface area contributed by atoms with E-state index in [4.69, 9.17) is 0 Å². The van der Waals surface area contributed by atoms with E-state index in [1.807, 2.05) is 26.8 Å². The maximum Gasteiger partial charge on any atom is 0.401 e. The minimum atomic E-state index is -4.20. The van der Waals surface area contributed by atoms with E-state index in [0.29, 0.717) is 25.9 Å². The molecular weight excluding hydrogens is 359 g/mol. The monoisotopic (exact) mass is 383 g/mol. The van der Waals surface area contributed by atoms with E-state index in [1.165, 1.54) is 4.90 Å². The Morgan fingerprint density at radius 2 is 1.81 bits per heavy atom. The Balaban J connectivity index is 1.59. The first-order valence-electron chi connectivity index (χ1n) is 9.03. The molecule has 0 N–H and O–H groups in total. The molecule has 9 heteroatoms. The average Bonchev–Trinajstić information content (AvgIpc) is 2.94. The largest absolute Gasteiger partial charge is 0.401 e. The molecule has 0 aromatic carbocycles. The summed E-state index contributed by atoms with van der Waals surface area (Å²) in [6.45, 7) is 6.06. The third-order valence-corrected chi connectivity index (χ3v) is 5.00. The van der Waals surface area contributed by atoms with Crippen LogP contribution in [0.2, 0.25) is 0 Å². The number of fused-ring (bicyclic) bond motifs is 1. The van der Waals surface area contributed by atoms with Gasteiger partial charge >= 0.3 is 6.18 Å². The van der Waals surface area contributed by atoms with Crippen molar-refractivity contribution in [3.8, 4) is 0 Å². The number of carbonyl (C=O) groups excluding carboxylic acids is 1. The summed E-state index contributed by atoms with van der Waals surface area (Å²) in [6, 6.07) is 1.91. The van der Waals surface area contributed by atoms with E-state index in [9.17, 15) is 18.0 Å². The first-order chi connectivity index (χ1) is 12.6. The second-order valence-corrected chi connectivity index (χ2v) is 7.09. The third kappa shape index (κ3) is 4.58. The Morgan fingerprint density at radius 3 is 2.44 bits per heavy atom. The van der Waals surface area contributed by atoms with Gasteiger partial charge in [0.05, 0.1) is 12.2 Å². The van der Waals surface area contributed by atoms with Crippen LogP contribution in [0.5, 0.6) is 0 Å². The fraction of sp³-hybridized carbons (Fsp3) is 0.611. The van der Waals surface area contributed by atoms with Crippen molar-refractivity contribution in [2.45, 2.75) is 39.8 Å². The molecule has 2 aromatic heterocycles. The summed E-state index contributed by atoms with van der Waals surface area (Å²) < 4.78 is 39.2. The lowest BCUT2D eigenvalue weighted by atomic mass is 10.1. The molecule has 0 radical (unpaired) electrons. The Labute approximate surface area is 156 Å². The van der Waals surface area contributed by atoms with Gasteiger partial charge in [0.15, 0.2) is 5.65 Å². The number of piperazine rings is 1. The van der Waals surface area contributed by atoms with Gasteiger partial charge in [0.1, 0.15) is 0 Å². The van der Waals surface area contributed by atoms with E-state index >= 15 is 0 Å². The van der Waals surface area contributed by atoms with Crippen molar-refractivity contribution in [3.05, 3.63) is 28.7 Å². The van der Waals surface area contributed by atoms with Crippen molar-refractivity contribution in [2.24, 2.45) is 0 Å². The highest BCUT2D eigenvalue weighted by Crippen LogP contribution is 2.19. The van der Waals surface area contributed by atoms with Crippen molar-refractivity contribution < 1.29 is 18.0 Å². The molecule has 0 bridgehead atoms. The molecular formula is C18H24F3N5O. The summed E-state index contributed by atoms with van der Waals surface area (Å²) in [7, 11) is 0. The van der Waals surface area contributed by atoms with Crippen molar-refractivity contribution >= 4 is 11.6 Å². The van der Waals surface area contributed by atoms with Crippen molar-refractivity contribution in [3.63, 3.8) is 0 Å². The van der Waals surface area contributed by atoms with E-state index < -0.39 is 12.7 Å². The third-order valence-electron chi connectivity index (χ3n) is 5.00. The fourth-order valence-corrected chi connectivity index (χ4v) is 3.60. The summed E-state index contributed by atoms with van der Waals surface area (Å²) >= 11 is 0. The fourth-order valence-electron chi connectivity index (χ4n) is 3.60. The van der Waals surface area contributed by atoms with Gasteiger partial charge in [-0.1, -0.05) is 0 Å². The standard InChI is InChI=1S/C18H24F3N5O/c1-12-10-16-22-13(2)15(14(3)26(16)23-12)4-5-17(27)25-8-6-24(7-9-25)11-18(19,20)21/h10H,4-9,11H2,1-3H3. The summed E-state index contributed by atoms with van der Waals surface area (Å²) in [5, 5.41) is 4.43. The Kier molecular flexibility index (Phi) is 5.41. The normalized spacial score (nSPS) is 16.3. The number of hydrogen-bond acceptors (Lipinski definition) is 4. The topological polar surface area (TPSA) is 53.7 Å². The van der Waals surface area contributed by atoms with Gasteiger partial charge in [-0.3, -0.25) is 9.69 Å². The van der Waals surface area contributed by atoms with Crippen LogP contribution in [0.15, 0.2) is 6.07 Å². The van der Waals surface area contributed by atoms with Crippen LogP contribution in [0.1, 0.15) is 29.1 Å². The van der Waals surface area contributed by atoms with Gasteiger partial charge in [0, 0.05) is 50.1 Å².